The number of hydrogen-bond donors (Lipinski definition) is 1. The molecule has 1 saturated heterocycles. The van der Waals surface area contributed by atoms with Gasteiger partial charge in [0.25, 0.3) is 5.91 Å². The number of amides is 1. The van der Waals surface area contributed by atoms with Gasteiger partial charge in [-0.3, -0.25) is 4.79 Å². The molecule has 1 N–H and O–H groups in total. The van der Waals surface area contributed by atoms with Crippen LogP contribution < -0.4 is 5.32 Å². The molecular formula is C25H31N5O4S. The largest absolute Gasteiger partial charge is 0.373 e. The van der Waals surface area contributed by atoms with Gasteiger partial charge in [0, 0.05) is 36.4 Å². The third-order valence-corrected chi connectivity index (χ3v) is 8.30. The lowest BCUT2D eigenvalue weighted by Crippen LogP contribution is -2.48. The predicted molar refractivity (Wildman–Crippen MR) is 133 cm³/mol. The van der Waals surface area contributed by atoms with E-state index in [1.165, 1.54) is 16.4 Å². The Hall–Kier alpha value is -2.82. The van der Waals surface area contributed by atoms with Gasteiger partial charge in [-0.2, -0.15) is 9.40 Å². The van der Waals surface area contributed by atoms with Crippen LogP contribution >= 0.6 is 0 Å². The Morgan fingerprint density at radius 2 is 1.77 bits per heavy atom. The first-order valence-corrected chi connectivity index (χ1v) is 13.5. The number of sulfonamides is 1. The third-order valence-electron chi connectivity index (χ3n) is 6.45. The Kier molecular flexibility index (Phi) is 6.14. The Morgan fingerprint density at radius 3 is 2.37 bits per heavy atom. The minimum Gasteiger partial charge on any atom is -0.373 e. The summed E-state index contributed by atoms with van der Waals surface area (Å²) in [4.78, 5) is 18.3. The average molecular weight is 498 g/mol. The molecule has 0 radical (unpaired) electrons. The molecule has 2 aliphatic rings. The molecule has 5 rings (SSSR count). The molecule has 186 valence electrons. The van der Waals surface area contributed by atoms with E-state index in [2.05, 4.69) is 10.4 Å². The van der Waals surface area contributed by atoms with Gasteiger partial charge in [-0.1, -0.05) is 0 Å². The summed E-state index contributed by atoms with van der Waals surface area (Å²) < 4.78 is 35.2. The third kappa shape index (κ3) is 4.70. The van der Waals surface area contributed by atoms with Crippen LogP contribution in [0.25, 0.3) is 11.0 Å². The van der Waals surface area contributed by atoms with E-state index in [1.54, 1.807) is 18.3 Å². The van der Waals surface area contributed by atoms with E-state index in [0.29, 0.717) is 41.3 Å². The van der Waals surface area contributed by atoms with E-state index in [0.717, 1.165) is 18.5 Å². The summed E-state index contributed by atoms with van der Waals surface area (Å²) in [5.41, 5.74) is 2.68. The van der Waals surface area contributed by atoms with Crippen LogP contribution in [0.1, 0.15) is 68.5 Å². The molecule has 0 spiro atoms. The first kappa shape index (κ1) is 23.9. The van der Waals surface area contributed by atoms with Crippen LogP contribution in [0.3, 0.4) is 0 Å². The van der Waals surface area contributed by atoms with Crippen LogP contribution in [0.4, 0.5) is 5.69 Å². The lowest BCUT2D eigenvalue weighted by atomic mass is 10.1. The Morgan fingerprint density at radius 1 is 1.11 bits per heavy atom. The smallest absolute Gasteiger partial charge is 0.256 e. The fourth-order valence-electron chi connectivity index (χ4n) is 4.58. The summed E-state index contributed by atoms with van der Waals surface area (Å²) in [6, 6.07) is 8.29. The van der Waals surface area contributed by atoms with Crippen LogP contribution in [0, 0.1) is 0 Å². The van der Waals surface area contributed by atoms with Gasteiger partial charge in [0.15, 0.2) is 5.65 Å². The molecule has 2 atom stereocenters. The summed E-state index contributed by atoms with van der Waals surface area (Å²) >= 11 is 0. The lowest BCUT2D eigenvalue weighted by Gasteiger charge is -2.34. The normalized spacial score (nSPS) is 21.5. The Balaban J connectivity index is 1.39. The van der Waals surface area contributed by atoms with Gasteiger partial charge in [-0.25, -0.2) is 18.1 Å². The van der Waals surface area contributed by atoms with Gasteiger partial charge in [-0.05, 0) is 70.9 Å². The van der Waals surface area contributed by atoms with Crippen molar-refractivity contribution in [2.45, 2.75) is 69.6 Å². The highest BCUT2D eigenvalue weighted by atomic mass is 32.2. The maximum atomic E-state index is 13.3. The molecule has 9 nitrogen and oxygen atoms in total. The molecule has 1 aromatic carbocycles. The number of ether oxygens (including phenoxy) is 1. The van der Waals surface area contributed by atoms with E-state index >= 15 is 0 Å². The SMILES string of the molecule is CC(C)n1ncc2c(C(=O)Nc3ccc(S(=O)(=O)N4C[C@@H](C)O[C@@H](C)C4)cc3)cc(C3CC3)nc21. The molecule has 1 amide bonds. The molecule has 1 saturated carbocycles. The zero-order valence-electron chi connectivity index (χ0n) is 20.4. The van der Waals surface area contributed by atoms with Crippen LogP contribution in [-0.4, -0.2) is 58.7 Å². The standard InChI is InChI=1S/C25H31N5O4S/c1-15(2)30-24-22(12-26-30)21(11-23(28-24)18-5-6-18)25(31)27-19-7-9-20(10-8-19)35(32,33)29-13-16(3)34-17(4)14-29/h7-12,15-18H,5-6,13-14H2,1-4H3,(H,27,31)/t16-,17+. The molecule has 0 unspecified atom stereocenters. The maximum Gasteiger partial charge on any atom is 0.256 e. The van der Waals surface area contributed by atoms with Crippen molar-refractivity contribution in [3.05, 3.63) is 47.8 Å². The molecule has 3 heterocycles. The number of benzene rings is 1. The number of rotatable bonds is 6. The van der Waals surface area contributed by atoms with Crippen molar-refractivity contribution in [1.29, 1.82) is 0 Å². The van der Waals surface area contributed by atoms with E-state index in [1.807, 2.05) is 38.4 Å². The van der Waals surface area contributed by atoms with E-state index in [4.69, 9.17) is 9.72 Å². The van der Waals surface area contributed by atoms with Gasteiger partial charge in [-0.15, -0.1) is 0 Å². The van der Waals surface area contributed by atoms with E-state index in [9.17, 15) is 13.2 Å². The van der Waals surface area contributed by atoms with Crippen molar-refractivity contribution < 1.29 is 17.9 Å². The zero-order chi connectivity index (χ0) is 24.9. The molecule has 35 heavy (non-hydrogen) atoms. The minimum atomic E-state index is -3.65. The number of nitrogens with zero attached hydrogens (tertiary/aromatic N) is 4. The average Bonchev–Trinajstić information content (AvgIpc) is 3.56. The summed E-state index contributed by atoms with van der Waals surface area (Å²) in [5.74, 6) is 0.116. The minimum absolute atomic E-state index is 0.122. The number of carbonyl (C=O) groups is 1. The molecular weight excluding hydrogens is 466 g/mol. The van der Waals surface area contributed by atoms with Gasteiger partial charge >= 0.3 is 0 Å². The predicted octanol–water partition coefficient (Wildman–Crippen LogP) is 3.94. The number of carbonyl (C=O) groups excluding carboxylic acids is 1. The molecule has 2 fully saturated rings. The molecule has 10 heteroatoms. The van der Waals surface area contributed by atoms with Crippen molar-refractivity contribution >= 4 is 32.7 Å². The number of pyridine rings is 1. The van der Waals surface area contributed by atoms with E-state index < -0.39 is 10.0 Å². The van der Waals surface area contributed by atoms with Crippen molar-refractivity contribution in [2.75, 3.05) is 18.4 Å². The van der Waals surface area contributed by atoms with Crippen LogP contribution in [-0.2, 0) is 14.8 Å². The number of fused-ring (bicyclic) bond motifs is 1. The summed E-state index contributed by atoms with van der Waals surface area (Å²) in [5, 5.41) is 8.07. The second kappa shape index (κ2) is 9.00. The fourth-order valence-corrected chi connectivity index (χ4v) is 6.17. The number of aromatic nitrogens is 3. The van der Waals surface area contributed by atoms with Crippen molar-refractivity contribution in [1.82, 2.24) is 19.1 Å². The van der Waals surface area contributed by atoms with Gasteiger partial charge < -0.3 is 10.1 Å². The topological polar surface area (TPSA) is 106 Å². The van der Waals surface area contributed by atoms with E-state index in [-0.39, 0.29) is 29.1 Å². The first-order valence-electron chi connectivity index (χ1n) is 12.1. The summed E-state index contributed by atoms with van der Waals surface area (Å²) in [6.07, 6.45) is 3.51. The second-order valence-corrected chi connectivity index (χ2v) is 11.8. The number of nitrogens with one attached hydrogen (secondary N) is 1. The number of anilines is 1. The van der Waals surface area contributed by atoms with Crippen molar-refractivity contribution in [3.63, 3.8) is 0 Å². The molecule has 1 aliphatic carbocycles. The Labute approximate surface area is 205 Å². The fraction of sp³-hybridized carbons (Fsp3) is 0.480. The maximum absolute atomic E-state index is 13.3. The van der Waals surface area contributed by atoms with Gasteiger partial charge in [0.2, 0.25) is 10.0 Å². The highest BCUT2D eigenvalue weighted by Crippen LogP contribution is 2.40. The second-order valence-electron chi connectivity index (χ2n) is 9.85. The van der Waals surface area contributed by atoms with Crippen LogP contribution in [0.5, 0.6) is 0 Å². The van der Waals surface area contributed by atoms with Gasteiger partial charge in [0.1, 0.15) is 0 Å². The molecule has 1 aliphatic heterocycles. The van der Waals surface area contributed by atoms with Crippen LogP contribution in [0.15, 0.2) is 41.4 Å². The monoisotopic (exact) mass is 497 g/mol. The quantitative estimate of drug-likeness (QED) is 0.553. The first-order chi connectivity index (χ1) is 16.6. The summed E-state index contributed by atoms with van der Waals surface area (Å²) in [7, 11) is -3.65. The number of morpholine rings is 1. The number of hydrogen-bond acceptors (Lipinski definition) is 6. The highest BCUT2D eigenvalue weighted by molar-refractivity contribution is 7.89. The molecule has 3 aromatic rings. The van der Waals surface area contributed by atoms with Crippen molar-refractivity contribution in [2.24, 2.45) is 0 Å². The van der Waals surface area contributed by atoms with Gasteiger partial charge in [0.05, 0.1) is 34.2 Å². The Bertz CT molecular complexity index is 1350. The molecule has 2 aromatic heterocycles. The summed E-state index contributed by atoms with van der Waals surface area (Å²) in [6.45, 7) is 8.43. The lowest BCUT2D eigenvalue weighted by molar-refractivity contribution is -0.0440. The van der Waals surface area contributed by atoms with Crippen molar-refractivity contribution in [3.8, 4) is 0 Å². The molecule has 0 bridgehead atoms. The highest BCUT2D eigenvalue weighted by Gasteiger charge is 2.32. The zero-order valence-corrected chi connectivity index (χ0v) is 21.2. The van der Waals surface area contributed by atoms with Crippen LogP contribution in [0.2, 0.25) is 0 Å².